The van der Waals surface area contributed by atoms with Gasteiger partial charge in [0.05, 0.1) is 4.92 Å². The van der Waals surface area contributed by atoms with E-state index in [1.807, 2.05) is 30.3 Å². The number of nitrogens with one attached hydrogen (secondary N) is 1. The molecule has 2 N–H and O–H groups in total. The van der Waals surface area contributed by atoms with E-state index in [0.717, 1.165) is 5.56 Å². The van der Waals surface area contributed by atoms with Gasteiger partial charge in [0.25, 0.3) is 5.69 Å². The van der Waals surface area contributed by atoms with Crippen molar-refractivity contribution in [2.75, 3.05) is 5.32 Å². The second-order valence-electron chi connectivity index (χ2n) is 4.53. The first-order chi connectivity index (χ1) is 10.1. The standard InChI is InChI=1S/C15H14N2O4/c18-15(19)14(10-11-4-2-1-3-5-11)16-12-6-8-13(9-7-12)17(20)21/h1-9,14,16H,10H2,(H,18,19). The van der Waals surface area contributed by atoms with E-state index in [1.54, 1.807) is 0 Å². The van der Waals surface area contributed by atoms with E-state index in [2.05, 4.69) is 5.32 Å². The van der Waals surface area contributed by atoms with Gasteiger partial charge in [-0.05, 0) is 17.7 Å². The number of nitrogens with zero attached hydrogens (tertiary/aromatic N) is 1. The summed E-state index contributed by atoms with van der Waals surface area (Å²) in [7, 11) is 0. The number of carbonyl (C=O) groups is 1. The molecule has 0 saturated carbocycles. The third-order valence-corrected chi connectivity index (χ3v) is 3.00. The lowest BCUT2D eigenvalue weighted by atomic mass is 10.1. The van der Waals surface area contributed by atoms with Crippen LogP contribution in [0.1, 0.15) is 5.56 Å². The van der Waals surface area contributed by atoms with Crippen molar-refractivity contribution >= 4 is 17.3 Å². The van der Waals surface area contributed by atoms with Crippen molar-refractivity contribution in [1.82, 2.24) is 0 Å². The quantitative estimate of drug-likeness (QED) is 0.629. The van der Waals surface area contributed by atoms with Crippen LogP contribution in [0.3, 0.4) is 0 Å². The fourth-order valence-corrected chi connectivity index (χ4v) is 1.93. The summed E-state index contributed by atoms with van der Waals surface area (Å²) < 4.78 is 0. The highest BCUT2D eigenvalue weighted by Crippen LogP contribution is 2.17. The topological polar surface area (TPSA) is 92.5 Å². The lowest BCUT2D eigenvalue weighted by Crippen LogP contribution is -2.31. The molecule has 0 saturated heterocycles. The molecule has 0 spiro atoms. The molecule has 0 aromatic heterocycles. The Morgan fingerprint density at radius 1 is 1.14 bits per heavy atom. The highest BCUT2D eigenvalue weighted by Gasteiger charge is 2.18. The van der Waals surface area contributed by atoms with Crippen LogP contribution in [0.15, 0.2) is 54.6 Å². The van der Waals surface area contributed by atoms with E-state index in [9.17, 15) is 20.0 Å². The SMILES string of the molecule is O=C(O)C(Cc1ccccc1)Nc1ccc([N+](=O)[O-])cc1. The van der Waals surface area contributed by atoms with Gasteiger partial charge in [-0.1, -0.05) is 30.3 Å². The van der Waals surface area contributed by atoms with Gasteiger partial charge in [-0.3, -0.25) is 10.1 Å². The van der Waals surface area contributed by atoms with Gasteiger partial charge in [0, 0.05) is 24.2 Å². The van der Waals surface area contributed by atoms with Gasteiger partial charge >= 0.3 is 5.97 Å². The smallest absolute Gasteiger partial charge is 0.326 e. The van der Waals surface area contributed by atoms with Crippen LogP contribution in [0.4, 0.5) is 11.4 Å². The second-order valence-corrected chi connectivity index (χ2v) is 4.53. The minimum absolute atomic E-state index is 0.0320. The molecule has 2 aromatic rings. The molecule has 0 bridgehead atoms. The zero-order valence-electron chi connectivity index (χ0n) is 11.1. The van der Waals surface area contributed by atoms with E-state index < -0.39 is 16.9 Å². The highest BCUT2D eigenvalue weighted by molar-refractivity contribution is 5.77. The Kier molecular flexibility index (Phi) is 4.50. The maximum Gasteiger partial charge on any atom is 0.326 e. The molecule has 6 heteroatoms. The first-order valence-corrected chi connectivity index (χ1v) is 6.34. The number of hydrogen-bond acceptors (Lipinski definition) is 4. The van der Waals surface area contributed by atoms with Gasteiger partial charge in [0.1, 0.15) is 6.04 Å². The number of carboxylic acids is 1. The second kappa shape index (κ2) is 6.51. The number of rotatable bonds is 6. The van der Waals surface area contributed by atoms with Gasteiger partial charge in [-0.25, -0.2) is 4.79 Å². The molecule has 1 atom stereocenters. The molecule has 2 rings (SSSR count). The Morgan fingerprint density at radius 2 is 1.76 bits per heavy atom. The lowest BCUT2D eigenvalue weighted by molar-refractivity contribution is -0.384. The fourth-order valence-electron chi connectivity index (χ4n) is 1.93. The van der Waals surface area contributed by atoms with E-state index in [0.29, 0.717) is 12.1 Å². The Labute approximate surface area is 121 Å². The predicted molar refractivity (Wildman–Crippen MR) is 78.3 cm³/mol. The highest BCUT2D eigenvalue weighted by atomic mass is 16.6. The molecular formula is C15H14N2O4. The van der Waals surface area contributed by atoms with Crippen LogP contribution < -0.4 is 5.32 Å². The minimum Gasteiger partial charge on any atom is -0.480 e. The van der Waals surface area contributed by atoms with Crippen molar-refractivity contribution < 1.29 is 14.8 Å². The Bertz CT molecular complexity index is 626. The van der Waals surface area contributed by atoms with Gasteiger partial charge in [0.15, 0.2) is 0 Å². The third-order valence-electron chi connectivity index (χ3n) is 3.00. The molecule has 0 aliphatic rings. The van der Waals surface area contributed by atoms with Crippen LogP contribution in [0.5, 0.6) is 0 Å². The van der Waals surface area contributed by atoms with Gasteiger partial charge in [-0.2, -0.15) is 0 Å². The zero-order valence-corrected chi connectivity index (χ0v) is 11.1. The molecule has 0 aliphatic heterocycles. The molecular weight excluding hydrogens is 272 g/mol. The summed E-state index contributed by atoms with van der Waals surface area (Å²) in [4.78, 5) is 21.4. The molecule has 0 aliphatic carbocycles. The van der Waals surface area contributed by atoms with Crippen molar-refractivity contribution in [2.24, 2.45) is 0 Å². The molecule has 0 radical (unpaired) electrons. The third kappa shape index (κ3) is 4.04. The lowest BCUT2D eigenvalue weighted by Gasteiger charge is -2.15. The average Bonchev–Trinajstić information content (AvgIpc) is 2.48. The van der Waals surface area contributed by atoms with Crippen molar-refractivity contribution in [3.05, 3.63) is 70.3 Å². The number of benzene rings is 2. The summed E-state index contributed by atoms with van der Waals surface area (Å²) in [5, 5.41) is 22.7. The van der Waals surface area contributed by atoms with E-state index in [-0.39, 0.29) is 5.69 Å². The first-order valence-electron chi connectivity index (χ1n) is 6.34. The van der Waals surface area contributed by atoms with Crippen molar-refractivity contribution in [3.8, 4) is 0 Å². The van der Waals surface area contributed by atoms with Gasteiger partial charge in [0.2, 0.25) is 0 Å². The van der Waals surface area contributed by atoms with E-state index in [1.165, 1.54) is 24.3 Å². The fraction of sp³-hybridized carbons (Fsp3) is 0.133. The van der Waals surface area contributed by atoms with Crippen molar-refractivity contribution in [1.29, 1.82) is 0 Å². The largest absolute Gasteiger partial charge is 0.480 e. The van der Waals surface area contributed by atoms with Crippen LogP contribution >= 0.6 is 0 Å². The normalized spacial score (nSPS) is 11.6. The van der Waals surface area contributed by atoms with Crippen LogP contribution in [-0.2, 0) is 11.2 Å². The minimum atomic E-state index is -0.975. The zero-order chi connectivity index (χ0) is 15.2. The van der Waals surface area contributed by atoms with E-state index in [4.69, 9.17) is 0 Å². The Morgan fingerprint density at radius 3 is 2.29 bits per heavy atom. The van der Waals surface area contributed by atoms with Crippen LogP contribution in [0.25, 0.3) is 0 Å². The maximum atomic E-state index is 11.3. The summed E-state index contributed by atoms with van der Waals surface area (Å²) in [5.74, 6) is -0.975. The van der Waals surface area contributed by atoms with Crippen molar-refractivity contribution in [3.63, 3.8) is 0 Å². The first kappa shape index (κ1) is 14.5. The summed E-state index contributed by atoms with van der Waals surface area (Å²) >= 11 is 0. The molecule has 108 valence electrons. The average molecular weight is 286 g/mol. The number of nitro groups is 1. The van der Waals surface area contributed by atoms with Crippen molar-refractivity contribution in [2.45, 2.75) is 12.5 Å². The molecule has 21 heavy (non-hydrogen) atoms. The molecule has 0 heterocycles. The van der Waals surface area contributed by atoms with Gasteiger partial charge < -0.3 is 10.4 Å². The number of non-ortho nitro benzene ring substituents is 1. The monoisotopic (exact) mass is 286 g/mol. The summed E-state index contributed by atoms with van der Waals surface area (Å²) in [6, 6.07) is 14.1. The Hall–Kier alpha value is -2.89. The predicted octanol–water partition coefficient (Wildman–Crippen LogP) is 2.70. The molecule has 2 aromatic carbocycles. The Balaban J connectivity index is 2.09. The number of carboxylic acid groups (broad SMARTS) is 1. The number of anilines is 1. The van der Waals surface area contributed by atoms with Gasteiger partial charge in [-0.15, -0.1) is 0 Å². The van der Waals surface area contributed by atoms with E-state index >= 15 is 0 Å². The maximum absolute atomic E-state index is 11.3. The summed E-state index contributed by atoms with van der Waals surface area (Å²) in [6.45, 7) is 0. The van der Waals surface area contributed by atoms with Crippen LogP contribution in [-0.4, -0.2) is 22.0 Å². The van der Waals surface area contributed by atoms with Crippen LogP contribution in [0.2, 0.25) is 0 Å². The molecule has 0 amide bonds. The number of aliphatic carboxylic acids is 1. The van der Waals surface area contributed by atoms with Crippen LogP contribution in [0, 0.1) is 10.1 Å². The summed E-state index contributed by atoms with van der Waals surface area (Å²) in [5.41, 5.74) is 1.40. The molecule has 1 unspecified atom stereocenters. The summed E-state index contributed by atoms with van der Waals surface area (Å²) in [6.07, 6.45) is 0.327. The molecule has 0 fully saturated rings. The number of nitro benzene ring substituents is 1. The number of hydrogen-bond donors (Lipinski definition) is 2. The molecule has 6 nitrogen and oxygen atoms in total.